The van der Waals surface area contributed by atoms with E-state index in [2.05, 4.69) is 53.5 Å². The smallest absolute Gasteiger partial charge is 0.303 e. The molecule has 0 saturated carbocycles. The van der Waals surface area contributed by atoms with Crippen molar-refractivity contribution in [3.8, 4) is 0 Å². The lowest BCUT2D eigenvalue weighted by molar-refractivity contribution is -0.146. The molecule has 0 amide bonds. The molecule has 30 heavy (non-hydrogen) atoms. The van der Waals surface area contributed by atoms with Crippen LogP contribution in [0.4, 0.5) is 11.8 Å². The number of carbonyl (C=O) groups is 1. The fraction of sp³-hybridized carbons (Fsp3) is 0.591. The number of esters is 1. The van der Waals surface area contributed by atoms with Crippen LogP contribution in [0, 0.1) is 0 Å². The lowest BCUT2D eigenvalue weighted by atomic mass is 10.1. The lowest BCUT2D eigenvalue weighted by Crippen LogP contribution is -2.47. The molecule has 3 rings (SSSR count). The van der Waals surface area contributed by atoms with Crippen molar-refractivity contribution < 1.29 is 9.53 Å². The molecule has 0 bridgehead atoms. The first kappa shape index (κ1) is 21.9. The van der Waals surface area contributed by atoms with Crippen LogP contribution >= 0.6 is 0 Å². The van der Waals surface area contributed by atoms with Crippen molar-refractivity contribution >= 4 is 17.7 Å². The summed E-state index contributed by atoms with van der Waals surface area (Å²) in [4.78, 5) is 34.2. The molecule has 1 atom stereocenters. The molecule has 0 unspecified atom stereocenters. The van der Waals surface area contributed by atoms with Crippen LogP contribution in [0.5, 0.6) is 0 Å². The molecule has 2 aromatic heterocycles. The molecule has 0 aliphatic carbocycles. The zero-order chi connectivity index (χ0) is 21.8. The third-order valence-corrected chi connectivity index (χ3v) is 5.19. The van der Waals surface area contributed by atoms with Crippen LogP contribution in [0.3, 0.4) is 0 Å². The molecule has 0 spiro atoms. The maximum atomic E-state index is 11.2. The topological polar surface area (TPSA) is 84.3 Å². The van der Waals surface area contributed by atoms with E-state index in [1.807, 2.05) is 6.07 Å². The summed E-state index contributed by atoms with van der Waals surface area (Å²) in [5.41, 5.74) is 2.18. The summed E-state index contributed by atoms with van der Waals surface area (Å²) in [6.45, 7) is 15.1. The molecule has 8 heteroatoms. The Balaban J connectivity index is 1.72. The van der Waals surface area contributed by atoms with Crippen molar-refractivity contribution in [2.45, 2.75) is 59.5 Å². The van der Waals surface area contributed by atoms with Gasteiger partial charge in [-0.05, 0) is 30.9 Å². The summed E-state index contributed by atoms with van der Waals surface area (Å²) < 4.78 is 5.21. The van der Waals surface area contributed by atoms with Crippen LogP contribution in [0.1, 0.15) is 76.7 Å². The molecule has 0 N–H and O–H groups in total. The average Bonchev–Trinajstić information content (AvgIpc) is 2.73. The van der Waals surface area contributed by atoms with Crippen molar-refractivity contribution in [3.63, 3.8) is 0 Å². The largest absolute Gasteiger partial charge is 0.455 e. The minimum absolute atomic E-state index is 0.338. The van der Waals surface area contributed by atoms with Crippen LogP contribution in [-0.4, -0.2) is 52.1 Å². The second-order valence-corrected chi connectivity index (χ2v) is 8.33. The van der Waals surface area contributed by atoms with Crippen molar-refractivity contribution in [2.24, 2.45) is 0 Å². The summed E-state index contributed by atoms with van der Waals surface area (Å²) in [6, 6.07) is 4.02. The first-order chi connectivity index (χ1) is 14.2. The monoisotopic (exact) mass is 412 g/mol. The van der Waals surface area contributed by atoms with Crippen LogP contribution in [0.2, 0.25) is 0 Å². The van der Waals surface area contributed by atoms with E-state index < -0.39 is 6.10 Å². The highest BCUT2D eigenvalue weighted by Gasteiger charge is 2.23. The van der Waals surface area contributed by atoms with Gasteiger partial charge >= 0.3 is 5.97 Å². The molecule has 1 fully saturated rings. The molecule has 162 valence electrons. The van der Waals surface area contributed by atoms with E-state index in [0.717, 1.165) is 49.3 Å². The first-order valence-electron chi connectivity index (χ1n) is 10.6. The average molecular weight is 413 g/mol. The molecular formula is C22H32N6O2. The number of rotatable bonds is 6. The quantitative estimate of drug-likeness (QED) is 0.667. The summed E-state index contributed by atoms with van der Waals surface area (Å²) in [6.07, 6.45) is 1.25. The molecule has 1 saturated heterocycles. The van der Waals surface area contributed by atoms with Crippen LogP contribution in [0.15, 0.2) is 18.3 Å². The Labute approximate surface area is 178 Å². The molecule has 1 aliphatic rings. The van der Waals surface area contributed by atoms with Gasteiger partial charge in [0.15, 0.2) is 11.9 Å². The van der Waals surface area contributed by atoms with Gasteiger partial charge in [-0.25, -0.2) is 19.9 Å². The number of hydrogen-bond donors (Lipinski definition) is 0. The van der Waals surface area contributed by atoms with Gasteiger partial charge in [0, 0.05) is 50.7 Å². The van der Waals surface area contributed by atoms with Gasteiger partial charge in [0.25, 0.3) is 0 Å². The number of piperazine rings is 1. The molecule has 0 radical (unpaired) electrons. The molecule has 0 aromatic carbocycles. The van der Waals surface area contributed by atoms with Crippen molar-refractivity contribution in [2.75, 3.05) is 36.0 Å². The van der Waals surface area contributed by atoms with E-state index in [-0.39, 0.29) is 5.97 Å². The Morgan fingerprint density at radius 3 is 2.03 bits per heavy atom. The molecule has 2 aromatic rings. The third kappa shape index (κ3) is 5.23. The fourth-order valence-corrected chi connectivity index (χ4v) is 3.38. The highest BCUT2D eigenvalue weighted by atomic mass is 16.5. The number of ether oxygens (including phenoxy) is 1. The Kier molecular flexibility index (Phi) is 6.84. The Morgan fingerprint density at radius 1 is 0.933 bits per heavy atom. The first-order valence-corrected chi connectivity index (χ1v) is 10.6. The van der Waals surface area contributed by atoms with Crippen molar-refractivity contribution in [1.29, 1.82) is 0 Å². The Bertz CT molecular complexity index is 851. The highest BCUT2D eigenvalue weighted by Crippen LogP contribution is 2.23. The van der Waals surface area contributed by atoms with Crippen LogP contribution in [0.25, 0.3) is 0 Å². The predicted molar refractivity (Wildman–Crippen MR) is 117 cm³/mol. The van der Waals surface area contributed by atoms with E-state index in [9.17, 15) is 4.79 Å². The van der Waals surface area contributed by atoms with Crippen LogP contribution < -0.4 is 9.80 Å². The summed E-state index contributed by atoms with van der Waals surface area (Å²) in [5, 5.41) is 0. The van der Waals surface area contributed by atoms with Crippen molar-refractivity contribution in [3.05, 3.63) is 35.5 Å². The molecular weight excluding hydrogens is 380 g/mol. The summed E-state index contributed by atoms with van der Waals surface area (Å²) in [5.74, 6) is 2.57. The van der Waals surface area contributed by atoms with E-state index in [1.54, 1.807) is 13.1 Å². The Hall–Kier alpha value is -2.77. The zero-order valence-electron chi connectivity index (χ0n) is 18.8. The van der Waals surface area contributed by atoms with Gasteiger partial charge in [-0.2, -0.15) is 0 Å². The predicted octanol–water partition coefficient (Wildman–Crippen LogP) is 3.46. The standard InChI is InChI=1S/C22H32N6O2/c1-14(2)18-13-19(15(3)4)25-22(24-18)28-11-9-27(10-12-28)20-7-8-23-21(26-20)16(5)30-17(6)29/h7-8,13-16H,9-12H2,1-6H3/t16-/m1/s1. The lowest BCUT2D eigenvalue weighted by Gasteiger charge is -2.36. The Morgan fingerprint density at radius 2 is 1.50 bits per heavy atom. The fourth-order valence-electron chi connectivity index (χ4n) is 3.38. The molecule has 8 nitrogen and oxygen atoms in total. The minimum atomic E-state index is -0.467. The number of hydrogen-bond acceptors (Lipinski definition) is 8. The highest BCUT2D eigenvalue weighted by molar-refractivity contribution is 5.66. The maximum absolute atomic E-state index is 11.2. The zero-order valence-corrected chi connectivity index (χ0v) is 18.8. The van der Waals surface area contributed by atoms with Gasteiger partial charge in [0.05, 0.1) is 0 Å². The molecule has 1 aliphatic heterocycles. The second kappa shape index (κ2) is 9.36. The van der Waals surface area contributed by atoms with E-state index in [1.165, 1.54) is 6.92 Å². The SMILES string of the molecule is CC(=O)O[C@H](C)c1nccc(N2CCN(c3nc(C(C)C)cc(C(C)C)n3)CC2)n1. The number of anilines is 2. The van der Waals surface area contributed by atoms with E-state index in [0.29, 0.717) is 17.7 Å². The second-order valence-electron chi connectivity index (χ2n) is 8.33. The van der Waals surface area contributed by atoms with Gasteiger partial charge in [-0.15, -0.1) is 0 Å². The third-order valence-electron chi connectivity index (χ3n) is 5.19. The number of nitrogens with zero attached hydrogens (tertiary/aromatic N) is 6. The van der Waals surface area contributed by atoms with Gasteiger partial charge in [-0.3, -0.25) is 4.79 Å². The number of aromatic nitrogens is 4. The normalized spacial score (nSPS) is 15.6. The van der Waals surface area contributed by atoms with Gasteiger partial charge in [-0.1, -0.05) is 27.7 Å². The number of carbonyl (C=O) groups excluding carboxylic acids is 1. The maximum Gasteiger partial charge on any atom is 0.303 e. The van der Waals surface area contributed by atoms with E-state index in [4.69, 9.17) is 14.7 Å². The van der Waals surface area contributed by atoms with E-state index >= 15 is 0 Å². The van der Waals surface area contributed by atoms with Gasteiger partial charge in [0.1, 0.15) is 5.82 Å². The summed E-state index contributed by atoms with van der Waals surface area (Å²) >= 11 is 0. The summed E-state index contributed by atoms with van der Waals surface area (Å²) in [7, 11) is 0. The van der Waals surface area contributed by atoms with Crippen LogP contribution in [-0.2, 0) is 9.53 Å². The van der Waals surface area contributed by atoms with Gasteiger partial charge in [0.2, 0.25) is 5.95 Å². The van der Waals surface area contributed by atoms with Gasteiger partial charge < -0.3 is 14.5 Å². The van der Waals surface area contributed by atoms with Crippen molar-refractivity contribution in [1.82, 2.24) is 19.9 Å². The minimum Gasteiger partial charge on any atom is -0.455 e. The molecule has 3 heterocycles.